The molecule has 0 aliphatic carbocycles. The van der Waals surface area contributed by atoms with Crippen molar-refractivity contribution in [2.75, 3.05) is 0 Å². The van der Waals surface area contributed by atoms with Crippen LogP contribution in [0, 0.1) is 0 Å². The Hall–Kier alpha value is -0.517. The van der Waals surface area contributed by atoms with Crippen LogP contribution in [0.15, 0.2) is 0 Å². The van der Waals surface area contributed by atoms with Crippen molar-refractivity contribution in [2.24, 2.45) is 0 Å². The molecular weight excluding hydrogens is 185 g/mol. The second-order valence-corrected chi connectivity index (χ2v) is 7.74. The molecular formula is C4H8GeO4. The van der Waals surface area contributed by atoms with E-state index in [-0.39, 0.29) is 0 Å². The number of hydrogen-bond donors (Lipinski definition) is 2. The molecule has 0 aliphatic rings. The second kappa shape index (κ2) is 3.50. The fraction of sp³-hybridized carbons (Fsp3) is 0.500. The Bertz CT molecular complexity index is 119. The van der Waals surface area contributed by atoms with Crippen LogP contribution in [-0.4, -0.2) is 34.2 Å². The zero-order valence-corrected chi connectivity index (χ0v) is 7.42. The summed E-state index contributed by atoms with van der Waals surface area (Å²) in [5, 5.41) is 16.8. The van der Waals surface area contributed by atoms with Crippen molar-refractivity contribution in [3.05, 3.63) is 0 Å². The summed E-state index contributed by atoms with van der Waals surface area (Å²) in [5.41, 5.74) is 0. The first-order chi connectivity index (χ1) is 4.09. The van der Waals surface area contributed by atoms with E-state index in [1.54, 1.807) is 6.92 Å². The van der Waals surface area contributed by atoms with Crippen molar-refractivity contribution in [2.45, 2.75) is 12.2 Å². The van der Waals surface area contributed by atoms with E-state index >= 15 is 0 Å². The van der Waals surface area contributed by atoms with Crippen molar-refractivity contribution >= 4 is 24.0 Å². The Morgan fingerprint density at radius 3 is 1.67 bits per heavy atom. The molecule has 0 saturated carbocycles. The Morgan fingerprint density at radius 2 is 1.67 bits per heavy atom. The van der Waals surface area contributed by atoms with Gasteiger partial charge in [-0.15, -0.1) is 0 Å². The third-order valence-corrected chi connectivity index (χ3v) is 5.22. The van der Waals surface area contributed by atoms with Gasteiger partial charge in [-0.25, -0.2) is 0 Å². The van der Waals surface area contributed by atoms with Crippen molar-refractivity contribution < 1.29 is 19.8 Å². The van der Waals surface area contributed by atoms with Crippen LogP contribution in [0.25, 0.3) is 0 Å². The van der Waals surface area contributed by atoms with Crippen LogP contribution < -0.4 is 0 Å². The summed E-state index contributed by atoms with van der Waals surface area (Å²) in [7, 11) is 0. The van der Waals surface area contributed by atoms with Gasteiger partial charge in [0.05, 0.1) is 0 Å². The predicted molar refractivity (Wildman–Crippen MR) is 33.7 cm³/mol. The van der Waals surface area contributed by atoms with Crippen LogP contribution in [0.1, 0.15) is 6.92 Å². The van der Waals surface area contributed by atoms with Crippen LogP contribution in [-0.2, 0) is 0 Å². The number of carbonyl (C=O) groups is 2. The van der Waals surface area contributed by atoms with E-state index in [4.69, 9.17) is 10.2 Å². The van der Waals surface area contributed by atoms with Gasteiger partial charge in [-0.05, 0) is 0 Å². The van der Waals surface area contributed by atoms with Crippen molar-refractivity contribution in [3.8, 4) is 0 Å². The topological polar surface area (TPSA) is 74.6 Å². The van der Waals surface area contributed by atoms with Crippen LogP contribution in [0.3, 0.4) is 0 Å². The van der Waals surface area contributed by atoms with Crippen molar-refractivity contribution in [3.63, 3.8) is 0 Å². The van der Waals surface area contributed by atoms with Crippen molar-refractivity contribution in [1.29, 1.82) is 0 Å². The van der Waals surface area contributed by atoms with E-state index in [0.717, 1.165) is 0 Å². The first kappa shape index (κ1) is 8.48. The fourth-order valence-electron chi connectivity index (χ4n) is 0.455. The summed E-state index contributed by atoms with van der Waals surface area (Å²) in [6.07, 6.45) is 0. The molecule has 0 bridgehead atoms. The normalized spacial score (nSPS) is 9.56. The molecule has 0 heterocycles. The molecule has 0 atom stereocenters. The first-order valence-corrected chi connectivity index (χ1v) is 6.68. The molecule has 0 aromatic rings. The Morgan fingerprint density at radius 1 is 1.33 bits per heavy atom. The van der Waals surface area contributed by atoms with Gasteiger partial charge in [0.25, 0.3) is 0 Å². The Balaban J connectivity index is 3.99. The van der Waals surface area contributed by atoms with Gasteiger partial charge in [0, 0.05) is 0 Å². The third kappa shape index (κ3) is 2.50. The molecule has 0 amide bonds. The fourth-order valence-corrected chi connectivity index (χ4v) is 2.36. The molecule has 5 heteroatoms. The first-order valence-electron chi connectivity index (χ1n) is 2.55. The van der Waals surface area contributed by atoms with Gasteiger partial charge >= 0.3 is 55.9 Å². The maximum atomic E-state index is 10.1. The molecule has 0 aromatic carbocycles. The summed E-state index contributed by atoms with van der Waals surface area (Å²) in [4.78, 5) is 18.0. The van der Waals surface area contributed by atoms with Gasteiger partial charge < -0.3 is 0 Å². The van der Waals surface area contributed by atoms with Crippen molar-refractivity contribution in [1.82, 2.24) is 0 Å². The van der Waals surface area contributed by atoms with E-state index in [1.807, 2.05) is 0 Å². The minimum absolute atomic E-state index is 0.317. The summed E-state index contributed by atoms with van der Waals surface area (Å²) in [6.45, 7) is 1.60. The van der Waals surface area contributed by atoms with E-state index in [0.29, 0.717) is 5.25 Å². The van der Waals surface area contributed by atoms with E-state index in [1.165, 1.54) is 0 Å². The monoisotopic (exact) mass is 194 g/mol. The standard InChI is InChI=1S/C4H8GeO4/c1-2-5(3(6)7)4(8)9/h5H,2H2,1H3,(H,6,7)(H,8,9). The number of hydrogen-bond acceptors (Lipinski definition) is 2. The third-order valence-electron chi connectivity index (χ3n) is 1.00. The van der Waals surface area contributed by atoms with E-state index < -0.39 is 24.0 Å². The SMILES string of the molecule is C[CH2][GeH]([C](=O)O)[C](=O)O. The van der Waals surface area contributed by atoms with E-state index in [2.05, 4.69) is 0 Å². The van der Waals surface area contributed by atoms with Gasteiger partial charge in [-0.3, -0.25) is 0 Å². The predicted octanol–water partition coefficient (Wildman–Crippen LogP) is 0.753. The summed E-state index contributed by atoms with van der Waals surface area (Å²) < 4.78 is 0. The zero-order chi connectivity index (χ0) is 7.44. The van der Waals surface area contributed by atoms with Gasteiger partial charge in [0.2, 0.25) is 0 Å². The molecule has 0 saturated heterocycles. The minimum atomic E-state index is -2.97. The van der Waals surface area contributed by atoms with E-state index in [9.17, 15) is 9.59 Å². The molecule has 0 spiro atoms. The Kier molecular flexibility index (Phi) is 3.30. The molecule has 0 aliphatic heterocycles. The van der Waals surface area contributed by atoms with Crippen LogP contribution in [0.2, 0.25) is 5.25 Å². The van der Waals surface area contributed by atoms with Gasteiger partial charge in [0.1, 0.15) is 0 Å². The van der Waals surface area contributed by atoms with Gasteiger partial charge in [-0.1, -0.05) is 0 Å². The summed E-state index contributed by atoms with van der Waals surface area (Å²) in [5.74, 6) is 0. The molecule has 0 unspecified atom stereocenters. The van der Waals surface area contributed by atoms with Gasteiger partial charge in [0.15, 0.2) is 0 Å². The maximum absolute atomic E-state index is 10.1. The summed E-state index contributed by atoms with van der Waals surface area (Å²) >= 11 is -2.97. The summed E-state index contributed by atoms with van der Waals surface area (Å²) in [6, 6.07) is 0. The second-order valence-electron chi connectivity index (χ2n) is 1.64. The molecule has 0 radical (unpaired) electrons. The Labute approximate surface area is 56.6 Å². The van der Waals surface area contributed by atoms with Crippen LogP contribution >= 0.6 is 0 Å². The van der Waals surface area contributed by atoms with Gasteiger partial charge in [-0.2, -0.15) is 0 Å². The zero-order valence-electron chi connectivity index (χ0n) is 5.00. The molecule has 52 valence electrons. The molecule has 0 fully saturated rings. The van der Waals surface area contributed by atoms with Crippen LogP contribution in [0.5, 0.6) is 0 Å². The number of carboxylic acid groups (broad SMARTS) is 2. The average molecular weight is 193 g/mol. The average Bonchev–Trinajstić information content (AvgIpc) is 1.64. The number of rotatable bonds is 3. The molecule has 2 N–H and O–H groups in total. The molecule has 0 aromatic heterocycles. The van der Waals surface area contributed by atoms with Crippen LogP contribution in [0.4, 0.5) is 9.59 Å². The quantitative estimate of drug-likeness (QED) is 0.648. The molecule has 9 heavy (non-hydrogen) atoms. The molecule has 4 nitrogen and oxygen atoms in total. The molecule has 0 rings (SSSR count).